The number of allylic oxidation sites excluding steroid dienone is 2. The molecule has 0 aliphatic heterocycles. The predicted octanol–water partition coefficient (Wildman–Crippen LogP) is 4.17. The van der Waals surface area contributed by atoms with E-state index in [0.29, 0.717) is 41.3 Å². The molecule has 0 amide bonds. The van der Waals surface area contributed by atoms with Crippen molar-refractivity contribution in [2.24, 2.45) is 29.6 Å². The van der Waals surface area contributed by atoms with Crippen LogP contribution in [0.4, 0.5) is 0 Å². The first kappa shape index (κ1) is 18.9. The number of aromatic nitrogens is 1. The van der Waals surface area contributed by atoms with Gasteiger partial charge in [0, 0.05) is 17.4 Å². The fourth-order valence-electron chi connectivity index (χ4n) is 6.43. The minimum absolute atomic E-state index is 0.00221. The average Bonchev–Trinajstić information content (AvgIpc) is 3.48. The van der Waals surface area contributed by atoms with Crippen LogP contribution in [0.1, 0.15) is 35.8 Å². The van der Waals surface area contributed by atoms with Crippen molar-refractivity contribution in [1.29, 1.82) is 0 Å². The maximum Gasteiger partial charge on any atom is 0.265 e. The van der Waals surface area contributed by atoms with Crippen molar-refractivity contribution in [3.8, 4) is 5.88 Å². The lowest BCUT2D eigenvalue weighted by Crippen LogP contribution is -2.44. The lowest BCUT2D eigenvalue weighted by molar-refractivity contribution is -0.124. The van der Waals surface area contributed by atoms with E-state index >= 15 is 0 Å². The highest BCUT2D eigenvalue weighted by Crippen LogP contribution is 2.60. The van der Waals surface area contributed by atoms with E-state index in [1.165, 1.54) is 0 Å². The number of nitrogens with zero attached hydrogens (tertiary/aromatic N) is 2. The summed E-state index contributed by atoms with van der Waals surface area (Å²) in [7, 11) is 3.97. The zero-order chi connectivity index (χ0) is 21.3. The number of benzene rings is 1. The Hall–Kier alpha value is -2.86. The van der Waals surface area contributed by atoms with Gasteiger partial charge in [0.1, 0.15) is 17.9 Å². The Morgan fingerprint density at radius 2 is 1.94 bits per heavy atom. The first-order valence-electron chi connectivity index (χ1n) is 11.0. The van der Waals surface area contributed by atoms with Crippen LogP contribution in [0.5, 0.6) is 5.88 Å². The van der Waals surface area contributed by atoms with Crippen LogP contribution >= 0.6 is 0 Å². The van der Waals surface area contributed by atoms with Gasteiger partial charge >= 0.3 is 0 Å². The molecule has 6 heteroatoms. The van der Waals surface area contributed by atoms with Crippen molar-refractivity contribution in [2.75, 3.05) is 14.1 Å². The Balaban J connectivity index is 1.41. The van der Waals surface area contributed by atoms with Gasteiger partial charge in [-0.25, -0.2) is 0 Å². The number of carbonyl (C=O) groups is 1. The normalized spacial score (nSPS) is 32.9. The van der Waals surface area contributed by atoms with Crippen molar-refractivity contribution in [2.45, 2.75) is 25.5 Å². The SMILES string of the molecule is CN(C)[C@H]1c2onc(OCc3ccccc3)c2C(O)=C2C(=O)[C@H]3[C@@H](C[C@H]21)[C@H]1C=C[C@@H]3C1. The van der Waals surface area contributed by atoms with Crippen LogP contribution in [-0.2, 0) is 11.4 Å². The van der Waals surface area contributed by atoms with Crippen LogP contribution in [0, 0.1) is 29.6 Å². The number of fused-ring (bicyclic) bond motifs is 7. The smallest absolute Gasteiger partial charge is 0.265 e. The fraction of sp³-hybridized carbons (Fsp3) is 0.440. The molecule has 2 fully saturated rings. The van der Waals surface area contributed by atoms with Crippen molar-refractivity contribution in [3.63, 3.8) is 0 Å². The van der Waals surface area contributed by atoms with E-state index in [1.807, 2.05) is 44.4 Å². The van der Waals surface area contributed by atoms with Gasteiger partial charge in [0.25, 0.3) is 5.88 Å². The molecule has 1 heterocycles. The second-order valence-corrected chi connectivity index (χ2v) is 9.52. The quantitative estimate of drug-likeness (QED) is 0.752. The maximum atomic E-state index is 13.7. The zero-order valence-electron chi connectivity index (χ0n) is 17.7. The topological polar surface area (TPSA) is 75.8 Å². The molecule has 1 N–H and O–H groups in total. The van der Waals surface area contributed by atoms with Crippen molar-refractivity contribution < 1.29 is 19.2 Å². The predicted molar refractivity (Wildman–Crippen MR) is 114 cm³/mol. The van der Waals surface area contributed by atoms with Gasteiger partial charge in [-0.05, 0) is 55.4 Å². The standard InChI is InChI=1S/C25H26N2O4/c1-27(2)21-17-11-16-14-8-9-15(10-14)18(16)22(28)19(17)23(29)20-24(21)31-26-25(20)30-12-13-6-4-3-5-7-13/h3-9,14-18,21,29H,10-12H2,1-2H3/t14-,15+,16-,17+,18+,21+/m0/s1. The zero-order valence-corrected chi connectivity index (χ0v) is 17.7. The number of aliphatic hydroxyl groups is 1. The summed E-state index contributed by atoms with van der Waals surface area (Å²) in [6.45, 7) is 0.311. The molecule has 0 radical (unpaired) electrons. The molecule has 6 atom stereocenters. The van der Waals surface area contributed by atoms with Gasteiger partial charge < -0.3 is 14.4 Å². The van der Waals surface area contributed by atoms with Crippen LogP contribution in [0.25, 0.3) is 5.76 Å². The summed E-state index contributed by atoms with van der Waals surface area (Å²) in [6, 6.07) is 9.63. The van der Waals surface area contributed by atoms with E-state index in [0.717, 1.165) is 18.4 Å². The van der Waals surface area contributed by atoms with Crippen molar-refractivity contribution in [1.82, 2.24) is 10.1 Å². The number of hydrogen-bond donors (Lipinski definition) is 1. The lowest BCUT2D eigenvalue weighted by atomic mass is 9.62. The van der Waals surface area contributed by atoms with E-state index in [2.05, 4.69) is 22.2 Å². The summed E-state index contributed by atoms with van der Waals surface area (Å²) in [5.41, 5.74) is 1.97. The molecule has 2 saturated carbocycles. The van der Waals surface area contributed by atoms with E-state index in [-0.39, 0.29) is 35.3 Å². The molecule has 1 aromatic heterocycles. The van der Waals surface area contributed by atoms with E-state index in [9.17, 15) is 9.90 Å². The molecule has 0 unspecified atom stereocenters. The van der Waals surface area contributed by atoms with Crippen LogP contribution in [0.2, 0.25) is 0 Å². The third-order valence-electron chi connectivity index (χ3n) is 7.69. The Bertz CT molecular complexity index is 1100. The Labute approximate surface area is 181 Å². The number of Topliss-reactive ketones (excluding diaryl/α,β-unsaturated/α-hetero) is 1. The molecule has 160 valence electrons. The number of rotatable bonds is 4. The number of carbonyl (C=O) groups excluding carboxylic acids is 1. The fourth-order valence-corrected chi connectivity index (χ4v) is 6.43. The number of hydrogen-bond acceptors (Lipinski definition) is 6. The first-order valence-corrected chi connectivity index (χ1v) is 11.0. The molecule has 6 rings (SSSR count). The van der Waals surface area contributed by atoms with Crippen LogP contribution in [0.15, 0.2) is 52.6 Å². The van der Waals surface area contributed by atoms with Gasteiger partial charge in [-0.2, -0.15) is 0 Å². The van der Waals surface area contributed by atoms with Gasteiger partial charge in [0.05, 0.1) is 6.04 Å². The minimum Gasteiger partial charge on any atom is -0.507 e. The molecule has 0 saturated heterocycles. The van der Waals surface area contributed by atoms with Gasteiger partial charge in [0.15, 0.2) is 11.5 Å². The highest BCUT2D eigenvalue weighted by Gasteiger charge is 2.57. The largest absolute Gasteiger partial charge is 0.507 e. The van der Waals surface area contributed by atoms with E-state index in [1.54, 1.807) is 0 Å². The van der Waals surface area contributed by atoms with Gasteiger partial charge in [-0.3, -0.25) is 9.69 Å². The maximum absolute atomic E-state index is 13.7. The summed E-state index contributed by atoms with van der Waals surface area (Å²) >= 11 is 0. The Morgan fingerprint density at radius 1 is 1.16 bits per heavy atom. The molecule has 2 bridgehead atoms. The highest BCUT2D eigenvalue weighted by molar-refractivity contribution is 6.06. The van der Waals surface area contributed by atoms with Gasteiger partial charge in [-0.1, -0.05) is 42.5 Å². The summed E-state index contributed by atoms with van der Waals surface area (Å²) in [5, 5.41) is 15.5. The second-order valence-electron chi connectivity index (χ2n) is 9.52. The van der Waals surface area contributed by atoms with Crippen molar-refractivity contribution >= 4 is 11.5 Å². The third-order valence-corrected chi connectivity index (χ3v) is 7.69. The molecule has 4 aliphatic carbocycles. The van der Waals surface area contributed by atoms with Crippen LogP contribution in [-0.4, -0.2) is 35.0 Å². The second kappa shape index (κ2) is 6.82. The molecule has 31 heavy (non-hydrogen) atoms. The monoisotopic (exact) mass is 418 g/mol. The first-order chi connectivity index (χ1) is 15.0. The summed E-state index contributed by atoms with van der Waals surface area (Å²) in [5.74, 6) is 1.96. The molecule has 0 spiro atoms. The lowest BCUT2D eigenvalue weighted by Gasteiger charge is -2.43. The summed E-state index contributed by atoms with van der Waals surface area (Å²) < 4.78 is 11.7. The third kappa shape index (κ3) is 2.67. The number of ketones is 1. The Kier molecular flexibility index (Phi) is 4.15. The average molecular weight is 418 g/mol. The molecule has 4 aliphatic rings. The van der Waals surface area contributed by atoms with E-state index in [4.69, 9.17) is 9.26 Å². The van der Waals surface area contributed by atoms with Crippen molar-refractivity contribution in [3.05, 3.63) is 64.9 Å². The molecule has 6 nitrogen and oxygen atoms in total. The van der Waals surface area contributed by atoms with Gasteiger partial charge in [0.2, 0.25) is 0 Å². The molecular weight excluding hydrogens is 392 g/mol. The number of aliphatic hydroxyl groups excluding tert-OH is 1. The van der Waals surface area contributed by atoms with E-state index < -0.39 is 0 Å². The Morgan fingerprint density at radius 3 is 2.71 bits per heavy atom. The molecule has 1 aromatic carbocycles. The summed E-state index contributed by atoms with van der Waals surface area (Å²) in [6.07, 6.45) is 6.43. The highest BCUT2D eigenvalue weighted by atomic mass is 16.5. The van der Waals surface area contributed by atoms with Crippen LogP contribution in [0.3, 0.4) is 0 Å². The molecule has 2 aromatic rings. The van der Waals surface area contributed by atoms with Crippen LogP contribution < -0.4 is 4.74 Å². The molecular formula is C25H26N2O4. The minimum atomic E-state index is -0.157. The van der Waals surface area contributed by atoms with Gasteiger partial charge in [-0.15, -0.1) is 0 Å². The number of ether oxygens (including phenoxy) is 1. The summed E-state index contributed by atoms with van der Waals surface area (Å²) in [4.78, 5) is 15.7.